The number of likely N-dealkylation sites (N-methyl/N-ethyl adjacent to an activating group) is 1. The van der Waals surface area contributed by atoms with E-state index in [-0.39, 0.29) is 10.8 Å². The summed E-state index contributed by atoms with van der Waals surface area (Å²) in [6, 6.07) is 0. The van der Waals surface area contributed by atoms with Gasteiger partial charge in [0, 0.05) is 25.2 Å². The molecule has 0 atom stereocenters. The summed E-state index contributed by atoms with van der Waals surface area (Å²) in [6.45, 7) is 0. The first-order chi connectivity index (χ1) is 8.13. The van der Waals surface area contributed by atoms with Gasteiger partial charge in [0.15, 0.2) is 5.78 Å². The Morgan fingerprint density at radius 1 is 1.41 bits per heavy atom. The number of carbonyl (C=O) groups is 1. The van der Waals surface area contributed by atoms with Crippen LogP contribution in [0.25, 0.3) is 0 Å². The van der Waals surface area contributed by atoms with Gasteiger partial charge in [-0.25, -0.2) is 9.97 Å². The normalized spacial score (nSPS) is 22.0. The van der Waals surface area contributed by atoms with E-state index in [1.165, 1.54) is 0 Å². The van der Waals surface area contributed by atoms with Crippen LogP contribution in [0.15, 0.2) is 6.20 Å². The fourth-order valence-electron chi connectivity index (χ4n) is 3.09. The first kappa shape index (κ1) is 11.0. The Labute approximate surface area is 105 Å². The summed E-state index contributed by atoms with van der Waals surface area (Å²) in [6.07, 6.45) is 6.21. The number of Topliss-reactive ketones (excluding diaryl/α,β-unsaturated/α-hetero) is 1. The second kappa shape index (κ2) is 3.67. The number of hydrogen-bond donors (Lipinski definition) is 0. The summed E-state index contributed by atoms with van der Waals surface area (Å²) in [5, 5.41) is 0.248. The van der Waals surface area contributed by atoms with Crippen LogP contribution in [-0.2, 0) is 11.2 Å². The predicted octanol–water partition coefficient (Wildman–Crippen LogP) is 2.00. The molecule has 90 valence electrons. The Morgan fingerprint density at radius 2 is 2.12 bits per heavy atom. The highest BCUT2D eigenvalue weighted by Gasteiger charge is 2.48. The lowest BCUT2D eigenvalue weighted by Gasteiger charge is -2.42. The molecule has 1 spiro atoms. The number of nitrogens with zero attached hydrogens (tertiary/aromatic N) is 3. The van der Waals surface area contributed by atoms with Crippen LogP contribution in [-0.4, -0.2) is 28.3 Å². The summed E-state index contributed by atoms with van der Waals surface area (Å²) >= 11 is 5.84. The van der Waals surface area contributed by atoms with Crippen LogP contribution in [0.3, 0.4) is 0 Å². The first-order valence-electron chi connectivity index (χ1n) is 5.92. The smallest absolute Gasteiger partial charge is 0.224 e. The fourth-order valence-corrected chi connectivity index (χ4v) is 3.22. The molecule has 0 aromatic carbocycles. The number of hydrogen-bond acceptors (Lipinski definition) is 4. The minimum Gasteiger partial charge on any atom is -0.347 e. The predicted molar refractivity (Wildman–Crippen MR) is 65.4 cm³/mol. The van der Waals surface area contributed by atoms with Crippen molar-refractivity contribution in [2.24, 2.45) is 0 Å². The standard InChI is InChI=1S/C12H14ClN3O/c1-16-10-8(7-14-11(13)15-10)6-9(17)12(16)4-2-3-5-12/h7H,2-6H2,1H3. The van der Waals surface area contributed by atoms with Gasteiger partial charge in [0.25, 0.3) is 0 Å². The molecule has 1 aliphatic carbocycles. The number of rotatable bonds is 0. The highest BCUT2D eigenvalue weighted by Crippen LogP contribution is 2.42. The highest BCUT2D eigenvalue weighted by atomic mass is 35.5. The number of carbonyl (C=O) groups excluding carboxylic acids is 1. The molecule has 17 heavy (non-hydrogen) atoms. The zero-order chi connectivity index (χ0) is 12.0. The van der Waals surface area contributed by atoms with E-state index in [2.05, 4.69) is 9.97 Å². The zero-order valence-corrected chi connectivity index (χ0v) is 10.5. The van der Waals surface area contributed by atoms with Crippen LogP contribution < -0.4 is 4.90 Å². The maximum absolute atomic E-state index is 12.3. The van der Waals surface area contributed by atoms with Crippen LogP contribution in [0.4, 0.5) is 5.82 Å². The van der Waals surface area contributed by atoms with Crippen molar-refractivity contribution in [2.75, 3.05) is 11.9 Å². The van der Waals surface area contributed by atoms with Crippen LogP contribution in [0.5, 0.6) is 0 Å². The summed E-state index contributed by atoms with van der Waals surface area (Å²) in [5.41, 5.74) is 0.560. The van der Waals surface area contributed by atoms with Crippen molar-refractivity contribution in [1.29, 1.82) is 0 Å². The number of aromatic nitrogens is 2. The topological polar surface area (TPSA) is 46.1 Å². The number of fused-ring (bicyclic) bond motifs is 1. The SMILES string of the molecule is CN1c2nc(Cl)ncc2CC(=O)C12CCCC2. The minimum atomic E-state index is -0.329. The van der Waals surface area contributed by atoms with Crippen molar-refractivity contribution in [2.45, 2.75) is 37.6 Å². The first-order valence-corrected chi connectivity index (χ1v) is 6.30. The molecule has 5 heteroatoms. The summed E-state index contributed by atoms with van der Waals surface area (Å²) in [5.74, 6) is 1.13. The third-order valence-corrected chi connectivity index (χ3v) is 4.25. The van der Waals surface area contributed by atoms with Crippen molar-refractivity contribution in [1.82, 2.24) is 9.97 Å². The van der Waals surface area contributed by atoms with Crippen molar-refractivity contribution >= 4 is 23.2 Å². The molecule has 0 bridgehead atoms. The average Bonchev–Trinajstić information content (AvgIpc) is 2.79. The Kier molecular flexibility index (Phi) is 2.36. The van der Waals surface area contributed by atoms with Crippen LogP contribution in [0, 0.1) is 0 Å². The molecule has 1 aliphatic heterocycles. The molecule has 3 rings (SSSR count). The van der Waals surface area contributed by atoms with Gasteiger partial charge in [0.1, 0.15) is 11.4 Å². The number of halogens is 1. The van der Waals surface area contributed by atoms with Gasteiger partial charge in [-0.3, -0.25) is 4.79 Å². The van der Waals surface area contributed by atoms with Crippen molar-refractivity contribution in [3.05, 3.63) is 17.0 Å². The maximum atomic E-state index is 12.3. The average molecular weight is 252 g/mol. The van der Waals surface area contributed by atoms with Crippen LogP contribution >= 0.6 is 11.6 Å². The van der Waals surface area contributed by atoms with Gasteiger partial charge in [-0.15, -0.1) is 0 Å². The molecule has 2 aliphatic rings. The van der Waals surface area contributed by atoms with E-state index >= 15 is 0 Å². The molecule has 0 saturated heterocycles. The monoisotopic (exact) mass is 251 g/mol. The summed E-state index contributed by atoms with van der Waals surface area (Å²) in [7, 11) is 1.95. The summed E-state index contributed by atoms with van der Waals surface area (Å²) < 4.78 is 0. The third-order valence-electron chi connectivity index (χ3n) is 4.07. The van der Waals surface area contributed by atoms with E-state index < -0.39 is 0 Å². The molecule has 0 amide bonds. The lowest BCUT2D eigenvalue weighted by Crippen LogP contribution is -2.55. The largest absolute Gasteiger partial charge is 0.347 e. The second-order valence-corrected chi connectivity index (χ2v) is 5.22. The molecule has 0 N–H and O–H groups in total. The van der Waals surface area contributed by atoms with Gasteiger partial charge < -0.3 is 4.90 Å². The van der Waals surface area contributed by atoms with Gasteiger partial charge in [-0.1, -0.05) is 12.8 Å². The molecule has 0 radical (unpaired) electrons. The van der Waals surface area contributed by atoms with Crippen molar-refractivity contribution in [3.8, 4) is 0 Å². The van der Waals surface area contributed by atoms with E-state index in [9.17, 15) is 4.79 Å². The molecule has 2 heterocycles. The fraction of sp³-hybridized carbons (Fsp3) is 0.583. The molecule has 4 nitrogen and oxygen atoms in total. The van der Waals surface area contributed by atoms with E-state index in [1.807, 2.05) is 11.9 Å². The van der Waals surface area contributed by atoms with E-state index in [0.29, 0.717) is 12.2 Å². The Hall–Kier alpha value is -1.16. The summed E-state index contributed by atoms with van der Waals surface area (Å²) in [4.78, 5) is 22.6. The Balaban J connectivity index is 2.11. The lowest BCUT2D eigenvalue weighted by molar-refractivity contribution is -0.123. The quantitative estimate of drug-likeness (QED) is 0.662. The maximum Gasteiger partial charge on any atom is 0.224 e. The molecule has 1 saturated carbocycles. The number of ketones is 1. The van der Waals surface area contributed by atoms with Gasteiger partial charge >= 0.3 is 0 Å². The third kappa shape index (κ3) is 1.47. The molecule has 1 fully saturated rings. The lowest BCUT2D eigenvalue weighted by atomic mass is 9.83. The van der Waals surface area contributed by atoms with Gasteiger partial charge in [0.05, 0.1) is 0 Å². The number of anilines is 1. The zero-order valence-electron chi connectivity index (χ0n) is 9.74. The van der Waals surface area contributed by atoms with Crippen molar-refractivity contribution in [3.63, 3.8) is 0 Å². The van der Waals surface area contributed by atoms with Crippen LogP contribution in [0.1, 0.15) is 31.2 Å². The van der Waals surface area contributed by atoms with Crippen LogP contribution in [0.2, 0.25) is 5.28 Å². The minimum absolute atomic E-state index is 0.248. The van der Waals surface area contributed by atoms with E-state index in [4.69, 9.17) is 11.6 Å². The molecule has 1 aromatic rings. The molecule has 1 aromatic heterocycles. The molecular formula is C12H14ClN3O. The highest BCUT2D eigenvalue weighted by molar-refractivity contribution is 6.28. The Morgan fingerprint density at radius 3 is 2.82 bits per heavy atom. The van der Waals surface area contributed by atoms with Gasteiger partial charge in [-0.05, 0) is 24.4 Å². The van der Waals surface area contributed by atoms with E-state index in [1.54, 1.807) is 6.20 Å². The van der Waals surface area contributed by atoms with E-state index in [0.717, 1.165) is 37.1 Å². The Bertz CT molecular complexity index is 483. The second-order valence-electron chi connectivity index (χ2n) is 4.89. The van der Waals surface area contributed by atoms with Gasteiger partial charge in [0.2, 0.25) is 5.28 Å². The molecule has 0 unspecified atom stereocenters. The molecular weight excluding hydrogens is 238 g/mol. The van der Waals surface area contributed by atoms with Gasteiger partial charge in [-0.2, -0.15) is 0 Å². The van der Waals surface area contributed by atoms with Crippen molar-refractivity contribution < 1.29 is 4.79 Å².